The SMILES string of the molecule is NC(c1ccc2c(c1)CCC2)C1CCCCS1. The van der Waals surface area contributed by atoms with Crippen molar-refractivity contribution in [1.29, 1.82) is 0 Å². The highest BCUT2D eigenvalue weighted by Crippen LogP contribution is 2.34. The molecule has 1 nitrogen and oxygen atoms in total. The van der Waals surface area contributed by atoms with E-state index in [0.717, 1.165) is 0 Å². The summed E-state index contributed by atoms with van der Waals surface area (Å²) in [5.41, 5.74) is 10.9. The van der Waals surface area contributed by atoms with Crippen molar-refractivity contribution in [1.82, 2.24) is 0 Å². The summed E-state index contributed by atoms with van der Waals surface area (Å²) < 4.78 is 0. The summed E-state index contributed by atoms with van der Waals surface area (Å²) in [6.07, 6.45) is 7.88. The summed E-state index contributed by atoms with van der Waals surface area (Å²) >= 11 is 2.07. The number of thioether (sulfide) groups is 1. The second-order valence-corrected chi connectivity index (χ2v) is 6.66. The normalized spacial score (nSPS) is 25.6. The molecule has 0 spiro atoms. The van der Waals surface area contributed by atoms with Gasteiger partial charge in [0.15, 0.2) is 0 Å². The van der Waals surface area contributed by atoms with Crippen molar-refractivity contribution in [2.45, 2.75) is 49.8 Å². The quantitative estimate of drug-likeness (QED) is 0.866. The van der Waals surface area contributed by atoms with E-state index in [0.29, 0.717) is 5.25 Å². The molecule has 1 saturated heterocycles. The highest BCUT2D eigenvalue weighted by molar-refractivity contribution is 8.00. The number of aryl methyl sites for hydroxylation is 2. The first kappa shape index (κ1) is 11.6. The summed E-state index contributed by atoms with van der Waals surface area (Å²) in [6.45, 7) is 0. The standard InChI is InChI=1S/C15H21NS/c16-15(14-6-1-2-9-17-14)13-8-7-11-4-3-5-12(11)10-13/h7-8,10,14-15H,1-6,9,16H2. The molecule has 1 fully saturated rings. The minimum atomic E-state index is 0.242. The van der Waals surface area contributed by atoms with E-state index in [-0.39, 0.29) is 6.04 Å². The van der Waals surface area contributed by atoms with Gasteiger partial charge in [-0.2, -0.15) is 11.8 Å². The lowest BCUT2D eigenvalue weighted by molar-refractivity contribution is 0.582. The average Bonchev–Trinajstić information content (AvgIpc) is 2.86. The van der Waals surface area contributed by atoms with Gasteiger partial charge in [0.25, 0.3) is 0 Å². The fraction of sp³-hybridized carbons (Fsp3) is 0.600. The van der Waals surface area contributed by atoms with Crippen LogP contribution in [0.4, 0.5) is 0 Å². The Labute approximate surface area is 108 Å². The largest absolute Gasteiger partial charge is 0.323 e. The Morgan fingerprint density at radius 1 is 1.12 bits per heavy atom. The Kier molecular flexibility index (Phi) is 3.44. The van der Waals surface area contributed by atoms with E-state index in [4.69, 9.17) is 5.73 Å². The van der Waals surface area contributed by atoms with E-state index in [2.05, 4.69) is 30.0 Å². The van der Waals surface area contributed by atoms with Gasteiger partial charge in [0.1, 0.15) is 0 Å². The smallest absolute Gasteiger partial charge is 0.0415 e. The molecular formula is C15H21NS. The second kappa shape index (κ2) is 5.03. The first-order valence-electron chi connectivity index (χ1n) is 6.83. The van der Waals surface area contributed by atoms with Crippen molar-refractivity contribution in [3.63, 3.8) is 0 Å². The Bertz CT molecular complexity index is 396. The lowest BCUT2D eigenvalue weighted by Crippen LogP contribution is -2.26. The molecule has 17 heavy (non-hydrogen) atoms. The maximum absolute atomic E-state index is 6.44. The molecule has 0 saturated carbocycles. The van der Waals surface area contributed by atoms with Crippen LogP contribution < -0.4 is 5.73 Å². The van der Waals surface area contributed by atoms with Crippen LogP contribution in [0.3, 0.4) is 0 Å². The Hall–Kier alpha value is -0.470. The topological polar surface area (TPSA) is 26.0 Å². The van der Waals surface area contributed by atoms with Crippen LogP contribution in [-0.2, 0) is 12.8 Å². The summed E-state index contributed by atoms with van der Waals surface area (Å²) in [4.78, 5) is 0. The van der Waals surface area contributed by atoms with Crippen molar-refractivity contribution >= 4 is 11.8 Å². The summed E-state index contributed by atoms with van der Waals surface area (Å²) in [5.74, 6) is 1.29. The van der Waals surface area contributed by atoms with Gasteiger partial charge in [-0.15, -0.1) is 0 Å². The third-order valence-corrected chi connectivity index (χ3v) is 5.60. The molecule has 1 aromatic carbocycles. The molecule has 1 aromatic rings. The van der Waals surface area contributed by atoms with Gasteiger partial charge in [-0.1, -0.05) is 24.6 Å². The van der Waals surface area contributed by atoms with E-state index in [1.165, 1.54) is 49.8 Å². The molecule has 1 aliphatic heterocycles. The van der Waals surface area contributed by atoms with Crippen LogP contribution in [-0.4, -0.2) is 11.0 Å². The Morgan fingerprint density at radius 3 is 2.82 bits per heavy atom. The third-order valence-electron chi connectivity index (χ3n) is 4.12. The molecule has 92 valence electrons. The molecule has 2 N–H and O–H groups in total. The number of rotatable bonds is 2. The van der Waals surface area contributed by atoms with Crippen LogP contribution >= 0.6 is 11.8 Å². The third kappa shape index (κ3) is 2.38. The van der Waals surface area contributed by atoms with Crippen molar-refractivity contribution in [2.24, 2.45) is 5.73 Å². The maximum Gasteiger partial charge on any atom is 0.0415 e. The van der Waals surface area contributed by atoms with Gasteiger partial charge >= 0.3 is 0 Å². The van der Waals surface area contributed by atoms with E-state index < -0.39 is 0 Å². The van der Waals surface area contributed by atoms with Crippen LogP contribution in [0, 0.1) is 0 Å². The van der Waals surface area contributed by atoms with E-state index in [1.54, 1.807) is 11.1 Å². The highest BCUT2D eigenvalue weighted by Gasteiger charge is 2.23. The van der Waals surface area contributed by atoms with Gasteiger partial charge in [-0.3, -0.25) is 0 Å². The second-order valence-electron chi connectivity index (χ2n) is 5.31. The average molecular weight is 247 g/mol. The molecule has 1 heterocycles. The van der Waals surface area contributed by atoms with Gasteiger partial charge < -0.3 is 5.73 Å². The van der Waals surface area contributed by atoms with Crippen molar-refractivity contribution in [3.8, 4) is 0 Å². The van der Waals surface area contributed by atoms with Crippen LogP contribution in [0.25, 0.3) is 0 Å². The summed E-state index contributed by atoms with van der Waals surface area (Å²) in [7, 11) is 0. The van der Waals surface area contributed by atoms with Crippen LogP contribution in [0.1, 0.15) is 48.4 Å². The number of hydrogen-bond donors (Lipinski definition) is 1. The van der Waals surface area contributed by atoms with Gasteiger partial charge in [-0.25, -0.2) is 0 Å². The predicted molar refractivity (Wildman–Crippen MR) is 75.5 cm³/mol. The molecule has 1 aliphatic carbocycles. The fourth-order valence-corrected chi connectivity index (χ4v) is 4.43. The fourth-order valence-electron chi connectivity index (χ4n) is 3.06. The molecule has 0 bridgehead atoms. The van der Waals surface area contributed by atoms with E-state index in [9.17, 15) is 0 Å². The zero-order valence-corrected chi connectivity index (χ0v) is 11.1. The van der Waals surface area contributed by atoms with E-state index in [1.807, 2.05) is 0 Å². The van der Waals surface area contributed by atoms with Crippen molar-refractivity contribution < 1.29 is 0 Å². The molecule has 2 aliphatic rings. The van der Waals surface area contributed by atoms with Crippen molar-refractivity contribution in [2.75, 3.05) is 5.75 Å². The molecule has 2 heteroatoms. The number of nitrogens with two attached hydrogens (primary N) is 1. The molecule has 2 unspecified atom stereocenters. The minimum absolute atomic E-state index is 0.242. The molecule has 0 amide bonds. The first-order chi connectivity index (χ1) is 8.34. The van der Waals surface area contributed by atoms with Gasteiger partial charge in [0.05, 0.1) is 0 Å². The molecular weight excluding hydrogens is 226 g/mol. The molecule has 3 rings (SSSR count). The monoisotopic (exact) mass is 247 g/mol. The van der Waals surface area contributed by atoms with E-state index >= 15 is 0 Å². The number of benzene rings is 1. The molecule has 0 aromatic heterocycles. The first-order valence-corrected chi connectivity index (χ1v) is 7.88. The number of fused-ring (bicyclic) bond motifs is 1. The number of hydrogen-bond acceptors (Lipinski definition) is 2. The zero-order valence-electron chi connectivity index (χ0n) is 10.3. The van der Waals surface area contributed by atoms with Gasteiger partial charge in [0.2, 0.25) is 0 Å². The summed E-state index contributed by atoms with van der Waals surface area (Å²) in [5, 5.41) is 0.642. The lowest BCUT2D eigenvalue weighted by Gasteiger charge is -2.27. The van der Waals surface area contributed by atoms with Crippen LogP contribution in [0.15, 0.2) is 18.2 Å². The zero-order chi connectivity index (χ0) is 11.7. The van der Waals surface area contributed by atoms with Crippen LogP contribution in [0.5, 0.6) is 0 Å². The van der Waals surface area contributed by atoms with Gasteiger partial charge in [0, 0.05) is 11.3 Å². The maximum atomic E-state index is 6.44. The Morgan fingerprint density at radius 2 is 2.00 bits per heavy atom. The molecule has 2 atom stereocenters. The lowest BCUT2D eigenvalue weighted by atomic mass is 9.97. The Balaban J connectivity index is 1.78. The van der Waals surface area contributed by atoms with Crippen LogP contribution in [0.2, 0.25) is 0 Å². The summed E-state index contributed by atoms with van der Waals surface area (Å²) in [6, 6.07) is 7.20. The van der Waals surface area contributed by atoms with Gasteiger partial charge in [-0.05, 0) is 54.5 Å². The molecule has 0 radical (unpaired) electrons. The minimum Gasteiger partial charge on any atom is -0.323 e. The highest BCUT2D eigenvalue weighted by atomic mass is 32.2. The van der Waals surface area contributed by atoms with Crippen molar-refractivity contribution in [3.05, 3.63) is 34.9 Å². The predicted octanol–water partition coefficient (Wildman–Crippen LogP) is 3.46.